The lowest BCUT2D eigenvalue weighted by Crippen LogP contribution is -2.31. The number of aromatic nitrogens is 3. The van der Waals surface area contributed by atoms with Crippen LogP contribution in [-0.2, 0) is 35.3 Å². The maximum Gasteiger partial charge on any atom is 0.416 e. The van der Waals surface area contributed by atoms with Gasteiger partial charge in [-0.2, -0.15) is 35.7 Å². The molecule has 0 saturated heterocycles. The number of halogens is 8. The van der Waals surface area contributed by atoms with Crippen LogP contribution >= 0.6 is 23.2 Å². The maximum absolute atomic E-state index is 13.9. The van der Waals surface area contributed by atoms with E-state index in [0.717, 1.165) is 11.7 Å². The highest BCUT2D eigenvalue weighted by molar-refractivity contribution is 7.89. The SMILES string of the molecule is Cc1cc(Cl)cc(C(=O)NC(C)C)c1CC(=O)c1cc(CN(C)S(=O)(=O)c2cc(C(F)(F)F)cc(C(F)(F)F)c2)nn1-c1ncccc1Cl. The highest BCUT2D eigenvalue weighted by Crippen LogP contribution is 2.38. The molecule has 1 amide bonds. The minimum absolute atomic E-state index is 0.0375. The Labute approximate surface area is 286 Å². The molecule has 0 unspecified atom stereocenters. The van der Waals surface area contributed by atoms with E-state index in [-0.39, 0.29) is 63.5 Å². The zero-order valence-corrected chi connectivity index (χ0v) is 28.4. The fourth-order valence-corrected chi connectivity index (χ4v) is 6.46. The lowest BCUT2D eigenvalue weighted by Gasteiger charge is -2.19. The van der Waals surface area contributed by atoms with Gasteiger partial charge in [-0.3, -0.25) is 9.59 Å². The number of carbonyl (C=O) groups excluding carboxylic acids is 2. The predicted molar refractivity (Wildman–Crippen MR) is 168 cm³/mol. The molecule has 9 nitrogen and oxygen atoms in total. The Morgan fingerprint density at radius 2 is 1.59 bits per heavy atom. The first-order chi connectivity index (χ1) is 22.6. The van der Waals surface area contributed by atoms with Crippen molar-refractivity contribution < 1.29 is 44.3 Å². The van der Waals surface area contributed by atoms with Gasteiger partial charge in [-0.25, -0.2) is 18.1 Å². The number of rotatable bonds is 10. The Kier molecular flexibility index (Phi) is 10.9. The van der Waals surface area contributed by atoms with Gasteiger partial charge in [0.05, 0.1) is 33.3 Å². The number of hydrogen-bond acceptors (Lipinski definition) is 6. The summed E-state index contributed by atoms with van der Waals surface area (Å²) in [5, 5.41) is 7.32. The minimum atomic E-state index is -5.28. The summed E-state index contributed by atoms with van der Waals surface area (Å²) in [5.41, 5.74) is -2.93. The van der Waals surface area contributed by atoms with E-state index in [4.69, 9.17) is 23.2 Å². The van der Waals surface area contributed by atoms with Gasteiger partial charge in [-0.15, -0.1) is 0 Å². The van der Waals surface area contributed by atoms with Gasteiger partial charge in [0.15, 0.2) is 11.6 Å². The zero-order chi connectivity index (χ0) is 36.6. The van der Waals surface area contributed by atoms with E-state index in [2.05, 4.69) is 15.4 Å². The second-order valence-electron chi connectivity index (χ2n) is 11.2. The number of aryl methyl sites for hydroxylation is 1. The standard InChI is InChI=1S/C31H27Cl2F6N5O4S/c1-16(2)41-29(46)24-12-20(32)8-17(3)23(24)14-27(45)26-13-21(42-44(26)28-25(33)6-5-7-40-28)15-43(4)49(47,48)22-10-18(30(34,35)36)9-19(11-22)31(37,38)39/h5-13,16H,14-15H2,1-4H3,(H,41,46). The van der Waals surface area contributed by atoms with Crippen molar-refractivity contribution in [2.75, 3.05) is 7.05 Å². The molecule has 18 heteroatoms. The molecule has 2 heterocycles. The molecule has 0 bridgehead atoms. The Morgan fingerprint density at radius 1 is 0.980 bits per heavy atom. The number of nitrogens with one attached hydrogen (secondary N) is 1. The summed E-state index contributed by atoms with van der Waals surface area (Å²) in [6.07, 6.45) is -9.58. The van der Waals surface area contributed by atoms with Crippen molar-refractivity contribution in [3.63, 3.8) is 0 Å². The van der Waals surface area contributed by atoms with Crippen LogP contribution in [0.25, 0.3) is 5.82 Å². The predicted octanol–water partition coefficient (Wildman–Crippen LogP) is 7.30. The first-order valence-corrected chi connectivity index (χ1v) is 16.4. The van der Waals surface area contributed by atoms with Crippen LogP contribution in [-0.4, -0.2) is 52.3 Å². The van der Waals surface area contributed by atoms with Crippen LogP contribution in [0, 0.1) is 6.92 Å². The minimum Gasteiger partial charge on any atom is -0.350 e. The zero-order valence-electron chi connectivity index (χ0n) is 26.0. The third-order valence-corrected chi connectivity index (χ3v) is 9.37. The molecule has 49 heavy (non-hydrogen) atoms. The van der Waals surface area contributed by atoms with Crippen molar-refractivity contribution in [2.24, 2.45) is 0 Å². The van der Waals surface area contributed by atoms with Crippen molar-refractivity contribution in [1.29, 1.82) is 0 Å². The number of amides is 1. The average molecular weight is 751 g/mol. The van der Waals surface area contributed by atoms with E-state index in [1.54, 1.807) is 26.8 Å². The first kappa shape index (κ1) is 37.8. The summed E-state index contributed by atoms with van der Waals surface area (Å²) in [6, 6.07) is 6.88. The number of hydrogen-bond donors (Lipinski definition) is 1. The molecule has 0 aliphatic carbocycles. The summed E-state index contributed by atoms with van der Waals surface area (Å²) in [5.74, 6) is -1.15. The molecule has 0 aliphatic rings. The van der Waals surface area contributed by atoms with Gasteiger partial charge in [0.1, 0.15) is 5.69 Å². The number of alkyl halides is 6. The Hall–Kier alpha value is -3.99. The molecule has 0 saturated carbocycles. The quantitative estimate of drug-likeness (QED) is 0.134. The third-order valence-electron chi connectivity index (χ3n) is 7.08. The Bertz CT molecular complexity index is 2000. The van der Waals surface area contributed by atoms with Crippen LogP contribution in [0.5, 0.6) is 0 Å². The fraction of sp³-hybridized carbons (Fsp3) is 0.290. The maximum atomic E-state index is 13.9. The van der Waals surface area contributed by atoms with E-state index in [0.29, 0.717) is 15.4 Å². The number of sulfonamides is 1. The van der Waals surface area contributed by atoms with Crippen LogP contribution in [0.2, 0.25) is 10.0 Å². The Balaban J connectivity index is 1.77. The van der Waals surface area contributed by atoms with Gasteiger partial charge in [-0.05, 0) is 80.4 Å². The second-order valence-corrected chi connectivity index (χ2v) is 14.1. The number of ketones is 1. The van der Waals surface area contributed by atoms with Crippen molar-refractivity contribution in [2.45, 2.75) is 57.0 Å². The molecule has 1 N–H and O–H groups in total. The van der Waals surface area contributed by atoms with Gasteiger partial charge < -0.3 is 5.32 Å². The number of Topliss-reactive ketones (excluding diaryl/α,β-unsaturated/α-hetero) is 1. The molecule has 0 fully saturated rings. The number of pyridine rings is 1. The lowest BCUT2D eigenvalue weighted by molar-refractivity contribution is -0.143. The van der Waals surface area contributed by atoms with E-state index in [1.807, 2.05) is 0 Å². The van der Waals surface area contributed by atoms with Gasteiger partial charge >= 0.3 is 12.4 Å². The van der Waals surface area contributed by atoms with E-state index < -0.39 is 56.6 Å². The smallest absolute Gasteiger partial charge is 0.350 e. The average Bonchev–Trinajstić information content (AvgIpc) is 3.40. The van der Waals surface area contributed by atoms with Crippen molar-refractivity contribution in [3.8, 4) is 5.82 Å². The van der Waals surface area contributed by atoms with E-state index in [1.165, 1.54) is 30.5 Å². The molecular weight excluding hydrogens is 723 g/mol. The van der Waals surface area contributed by atoms with Crippen LogP contribution in [0.3, 0.4) is 0 Å². The normalized spacial score (nSPS) is 12.5. The summed E-state index contributed by atoms with van der Waals surface area (Å²) < 4.78 is 109. The van der Waals surface area contributed by atoms with Gasteiger partial charge in [0.25, 0.3) is 5.91 Å². The molecular formula is C31H27Cl2F6N5O4S. The molecule has 4 aromatic rings. The van der Waals surface area contributed by atoms with Crippen LogP contribution < -0.4 is 5.32 Å². The largest absolute Gasteiger partial charge is 0.416 e. The van der Waals surface area contributed by atoms with Crippen LogP contribution in [0.15, 0.2) is 59.6 Å². The van der Waals surface area contributed by atoms with Crippen molar-refractivity contribution in [3.05, 3.63) is 104 Å². The topological polar surface area (TPSA) is 114 Å². The lowest BCUT2D eigenvalue weighted by atomic mass is 9.95. The third kappa shape index (κ3) is 8.60. The summed E-state index contributed by atoms with van der Waals surface area (Å²) in [4.78, 5) is 29.8. The number of nitrogens with zero attached hydrogens (tertiary/aromatic N) is 4. The summed E-state index contributed by atoms with van der Waals surface area (Å²) >= 11 is 12.5. The summed E-state index contributed by atoms with van der Waals surface area (Å²) in [6.45, 7) is 4.45. The number of benzene rings is 2. The second kappa shape index (κ2) is 14.1. The van der Waals surface area contributed by atoms with Crippen LogP contribution in [0.4, 0.5) is 26.3 Å². The van der Waals surface area contributed by atoms with E-state index in [9.17, 15) is 44.3 Å². The van der Waals surface area contributed by atoms with Crippen LogP contribution in [0.1, 0.15) is 62.6 Å². The first-order valence-electron chi connectivity index (χ1n) is 14.2. The van der Waals surface area contributed by atoms with Gasteiger partial charge in [0, 0.05) is 36.3 Å². The monoisotopic (exact) mass is 749 g/mol. The number of carbonyl (C=O) groups is 2. The van der Waals surface area contributed by atoms with E-state index >= 15 is 0 Å². The molecule has 0 atom stereocenters. The molecule has 2 aromatic heterocycles. The van der Waals surface area contributed by atoms with Gasteiger partial charge in [0.2, 0.25) is 10.0 Å². The molecule has 0 radical (unpaired) electrons. The summed E-state index contributed by atoms with van der Waals surface area (Å²) in [7, 11) is -4.06. The van der Waals surface area contributed by atoms with Crippen molar-refractivity contribution >= 4 is 44.9 Å². The molecule has 0 spiro atoms. The molecule has 262 valence electrons. The molecule has 2 aromatic carbocycles. The highest BCUT2D eigenvalue weighted by atomic mass is 35.5. The fourth-order valence-electron chi connectivity index (χ4n) is 4.77. The Morgan fingerprint density at radius 3 is 2.14 bits per heavy atom. The molecule has 4 rings (SSSR count). The van der Waals surface area contributed by atoms with Gasteiger partial charge in [-0.1, -0.05) is 23.2 Å². The van der Waals surface area contributed by atoms with Crippen molar-refractivity contribution in [1.82, 2.24) is 24.4 Å². The highest BCUT2D eigenvalue weighted by Gasteiger charge is 2.39. The molecule has 0 aliphatic heterocycles.